The molecule has 0 atom stereocenters. The number of aromatic nitrogens is 2. The van der Waals surface area contributed by atoms with Gasteiger partial charge in [0.15, 0.2) is 11.5 Å². The predicted molar refractivity (Wildman–Crippen MR) is 108 cm³/mol. The van der Waals surface area contributed by atoms with Crippen molar-refractivity contribution >= 4 is 23.0 Å². The highest BCUT2D eigenvalue weighted by Crippen LogP contribution is 2.35. The van der Waals surface area contributed by atoms with Crippen LogP contribution in [0.1, 0.15) is 24.4 Å². The van der Waals surface area contributed by atoms with Gasteiger partial charge in [-0.25, -0.2) is 4.98 Å². The maximum Gasteiger partial charge on any atom is 0.168 e. The summed E-state index contributed by atoms with van der Waals surface area (Å²) in [4.78, 5) is 8.63. The van der Waals surface area contributed by atoms with Gasteiger partial charge in [-0.1, -0.05) is 12.1 Å². The quantitative estimate of drug-likeness (QED) is 0.561. The van der Waals surface area contributed by atoms with Crippen molar-refractivity contribution in [3.63, 3.8) is 0 Å². The van der Waals surface area contributed by atoms with Crippen LogP contribution < -0.4 is 9.47 Å². The summed E-state index contributed by atoms with van der Waals surface area (Å²) >= 11 is 1.43. The van der Waals surface area contributed by atoms with Crippen molar-refractivity contribution in [3.05, 3.63) is 58.7 Å². The lowest BCUT2D eigenvalue weighted by Crippen LogP contribution is -2.08. The lowest BCUT2D eigenvalue weighted by Gasteiger charge is -2.16. The molecule has 0 N–H and O–H groups in total. The molecule has 2 heterocycles. The van der Waals surface area contributed by atoms with Gasteiger partial charge in [0.1, 0.15) is 11.1 Å². The van der Waals surface area contributed by atoms with E-state index in [4.69, 9.17) is 9.47 Å². The molecule has 0 bridgehead atoms. The number of para-hydroxylation sites is 1. The summed E-state index contributed by atoms with van der Waals surface area (Å²) < 4.78 is 11.3. The van der Waals surface area contributed by atoms with E-state index in [1.807, 2.05) is 49.6 Å². The molecule has 136 valence electrons. The van der Waals surface area contributed by atoms with Gasteiger partial charge in [0.05, 0.1) is 24.5 Å². The van der Waals surface area contributed by atoms with Gasteiger partial charge < -0.3 is 9.47 Å². The van der Waals surface area contributed by atoms with Crippen molar-refractivity contribution in [1.29, 1.82) is 5.26 Å². The van der Waals surface area contributed by atoms with Crippen molar-refractivity contribution in [2.75, 3.05) is 7.11 Å². The van der Waals surface area contributed by atoms with Gasteiger partial charge in [-0.15, -0.1) is 11.3 Å². The molecule has 0 aliphatic heterocycles. The third-order valence-electron chi connectivity index (χ3n) is 3.71. The number of ether oxygens (including phenoxy) is 2. The number of thiazole rings is 1. The van der Waals surface area contributed by atoms with E-state index in [-0.39, 0.29) is 6.10 Å². The Hall–Kier alpha value is -3.17. The lowest BCUT2D eigenvalue weighted by atomic mass is 10.1. The topological polar surface area (TPSA) is 68.0 Å². The lowest BCUT2D eigenvalue weighted by molar-refractivity contribution is 0.229. The van der Waals surface area contributed by atoms with Crippen LogP contribution in [0.25, 0.3) is 22.9 Å². The van der Waals surface area contributed by atoms with E-state index in [1.54, 1.807) is 25.6 Å². The zero-order valence-corrected chi connectivity index (χ0v) is 16.2. The van der Waals surface area contributed by atoms with Crippen molar-refractivity contribution in [2.45, 2.75) is 20.0 Å². The fraction of sp³-hybridized carbons (Fsp3) is 0.190. The number of nitriles is 1. The molecule has 3 rings (SSSR count). The molecule has 5 nitrogen and oxygen atoms in total. The molecule has 6 heteroatoms. The molecule has 0 aliphatic carbocycles. The average Bonchev–Trinajstić information content (AvgIpc) is 3.17. The molecule has 1 aromatic carbocycles. The first-order chi connectivity index (χ1) is 13.1. The third kappa shape index (κ3) is 4.33. The number of rotatable bonds is 6. The Labute approximate surface area is 162 Å². The first-order valence-corrected chi connectivity index (χ1v) is 9.32. The summed E-state index contributed by atoms with van der Waals surface area (Å²) in [5.41, 5.74) is 3.04. The van der Waals surface area contributed by atoms with Crippen LogP contribution in [0.4, 0.5) is 0 Å². The van der Waals surface area contributed by atoms with E-state index in [0.29, 0.717) is 22.1 Å². The normalized spacial score (nSPS) is 11.3. The van der Waals surface area contributed by atoms with Gasteiger partial charge in [-0.2, -0.15) is 5.26 Å². The van der Waals surface area contributed by atoms with Crippen LogP contribution in [0, 0.1) is 11.3 Å². The second-order valence-electron chi connectivity index (χ2n) is 5.99. The molecule has 0 saturated carbocycles. The van der Waals surface area contributed by atoms with Crippen LogP contribution in [-0.4, -0.2) is 23.2 Å². The van der Waals surface area contributed by atoms with E-state index < -0.39 is 0 Å². The van der Waals surface area contributed by atoms with Crippen LogP contribution >= 0.6 is 11.3 Å². The molecular formula is C21H19N3O2S. The minimum Gasteiger partial charge on any atom is -0.493 e. The fourth-order valence-electron chi connectivity index (χ4n) is 2.52. The van der Waals surface area contributed by atoms with Crippen LogP contribution in [-0.2, 0) is 0 Å². The second kappa shape index (κ2) is 8.47. The van der Waals surface area contributed by atoms with Gasteiger partial charge in [-0.05, 0) is 38.1 Å². The average molecular weight is 377 g/mol. The molecule has 0 amide bonds. The van der Waals surface area contributed by atoms with Crippen molar-refractivity contribution < 1.29 is 9.47 Å². The van der Waals surface area contributed by atoms with Crippen LogP contribution in [0.2, 0.25) is 0 Å². The van der Waals surface area contributed by atoms with Crippen molar-refractivity contribution in [3.8, 4) is 28.8 Å². The molecule has 0 spiro atoms. The van der Waals surface area contributed by atoms with Crippen molar-refractivity contribution in [2.24, 2.45) is 0 Å². The molecule has 2 aromatic heterocycles. The summed E-state index contributed by atoms with van der Waals surface area (Å²) in [6.07, 6.45) is 5.22. The Kier molecular flexibility index (Phi) is 5.84. The Bertz CT molecular complexity index is 988. The fourth-order valence-corrected chi connectivity index (χ4v) is 3.31. The monoisotopic (exact) mass is 377 g/mol. The highest BCUT2D eigenvalue weighted by atomic mass is 32.1. The maximum absolute atomic E-state index is 9.69. The summed E-state index contributed by atoms with van der Waals surface area (Å²) in [6.45, 7) is 3.90. The molecule has 27 heavy (non-hydrogen) atoms. The molecular weight excluding hydrogens is 358 g/mol. The van der Waals surface area contributed by atoms with E-state index >= 15 is 0 Å². The number of allylic oxidation sites excluding steroid dienone is 1. The van der Waals surface area contributed by atoms with Gasteiger partial charge in [-0.3, -0.25) is 4.98 Å². The van der Waals surface area contributed by atoms with E-state index in [2.05, 4.69) is 16.0 Å². The zero-order valence-electron chi connectivity index (χ0n) is 15.3. The van der Waals surface area contributed by atoms with Gasteiger partial charge >= 0.3 is 0 Å². The second-order valence-corrected chi connectivity index (χ2v) is 6.85. The van der Waals surface area contributed by atoms with E-state index in [1.165, 1.54) is 11.3 Å². The first kappa shape index (κ1) is 18.6. The number of hydrogen-bond donors (Lipinski definition) is 0. The van der Waals surface area contributed by atoms with Crippen LogP contribution in [0.5, 0.6) is 11.5 Å². The first-order valence-electron chi connectivity index (χ1n) is 8.44. The number of nitrogens with zero attached hydrogens (tertiary/aromatic N) is 3. The zero-order chi connectivity index (χ0) is 19.2. The third-order valence-corrected chi connectivity index (χ3v) is 4.59. The number of methoxy groups -OCH3 is 1. The summed E-state index contributed by atoms with van der Waals surface area (Å²) in [5.74, 6) is 1.25. The smallest absolute Gasteiger partial charge is 0.168 e. The molecule has 0 aliphatic rings. The minimum atomic E-state index is -0.0165. The Morgan fingerprint density at radius 2 is 2.00 bits per heavy atom. The predicted octanol–water partition coefficient (Wildman–Crippen LogP) is 5.07. The molecule has 0 fully saturated rings. The molecule has 0 radical (unpaired) electrons. The number of hydrogen-bond acceptors (Lipinski definition) is 6. The maximum atomic E-state index is 9.69. The van der Waals surface area contributed by atoms with E-state index in [0.717, 1.165) is 16.8 Å². The van der Waals surface area contributed by atoms with Gasteiger partial charge in [0, 0.05) is 28.9 Å². The highest BCUT2D eigenvalue weighted by molar-refractivity contribution is 7.11. The SMILES string of the molecule is COc1cccc(/C=C(/C#N)c2nc(-c3ccncc3)cs2)c1OC(C)C. The largest absolute Gasteiger partial charge is 0.493 e. The Balaban J connectivity index is 2.01. The van der Waals surface area contributed by atoms with Gasteiger partial charge in [0.25, 0.3) is 0 Å². The highest BCUT2D eigenvalue weighted by Gasteiger charge is 2.14. The number of benzene rings is 1. The molecule has 0 saturated heterocycles. The van der Waals surface area contributed by atoms with Crippen LogP contribution in [0.15, 0.2) is 48.1 Å². The van der Waals surface area contributed by atoms with E-state index in [9.17, 15) is 5.26 Å². The van der Waals surface area contributed by atoms with Crippen molar-refractivity contribution in [1.82, 2.24) is 9.97 Å². The van der Waals surface area contributed by atoms with Gasteiger partial charge in [0.2, 0.25) is 0 Å². The standard InChI is InChI=1S/C21H19N3O2S/c1-14(2)26-20-16(5-4-6-19(20)25-3)11-17(12-22)21-24-18(13-27-21)15-7-9-23-10-8-15/h4-11,13-14H,1-3H3/b17-11-. The Morgan fingerprint density at radius 1 is 1.22 bits per heavy atom. The molecule has 3 aromatic rings. The number of pyridine rings is 1. The molecule has 0 unspecified atom stereocenters. The van der Waals surface area contributed by atoms with Crippen LogP contribution in [0.3, 0.4) is 0 Å². The summed E-state index contributed by atoms with van der Waals surface area (Å²) in [5, 5.41) is 12.3. The Morgan fingerprint density at radius 3 is 2.67 bits per heavy atom. The summed E-state index contributed by atoms with van der Waals surface area (Å²) in [6, 6.07) is 11.6. The summed E-state index contributed by atoms with van der Waals surface area (Å²) in [7, 11) is 1.60. The minimum absolute atomic E-state index is 0.0165.